The van der Waals surface area contributed by atoms with Crippen LogP contribution in [0, 0.1) is 0 Å². The molecule has 2 N–H and O–H groups in total. The largest absolute Gasteiger partial charge is 0.291 e. The number of nitrogens with zero attached hydrogens (tertiary/aromatic N) is 2. The van der Waals surface area contributed by atoms with E-state index in [2.05, 4.69) is 11.9 Å². The van der Waals surface area contributed by atoms with Crippen LogP contribution in [0.5, 0.6) is 0 Å². The molecule has 24 heavy (non-hydrogen) atoms. The van der Waals surface area contributed by atoms with Crippen LogP contribution in [0.4, 0.5) is 5.69 Å². The van der Waals surface area contributed by atoms with Gasteiger partial charge >= 0.3 is 0 Å². The van der Waals surface area contributed by atoms with E-state index in [0.29, 0.717) is 6.54 Å². The normalized spacial score (nSPS) is 15.1. The maximum absolute atomic E-state index is 13.1. The molecule has 6 heteroatoms. The Bertz CT molecular complexity index is 694. The van der Waals surface area contributed by atoms with Crippen LogP contribution in [0.3, 0.4) is 0 Å². The molecule has 0 bridgehead atoms. The van der Waals surface area contributed by atoms with Crippen molar-refractivity contribution in [3.63, 3.8) is 0 Å². The van der Waals surface area contributed by atoms with Crippen molar-refractivity contribution >= 4 is 30.1 Å². The zero-order valence-electron chi connectivity index (χ0n) is 14.1. The lowest BCUT2D eigenvalue weighted by Crippen LogP contribution is -2.22. The zero-order valence-corrected chi connectivity index (χ0v) is 15.8. The van der Waals surface area contributed by atoms with Crippen molar-refractivity contribution in [2.75, 3.05) is 0 Å². The quantitative estimate of drug-likeness (QED) is 0.386. The molecule has 0 aromatic heterocycles. The molecule has 4 nitrogen and oxygen atoms in total. The number of rotatable bonds is 8. The molecule has 2 rings (SSSR count). The van der Waals surface area contributed by atoms with Crippen LogP contribution in [-0.2, 0) is 11.1 Å². The van der Waals surface area contributed by atoms with Gasteiger partial charge in [-0.25, -0.2) is 4.99 Å². The topological polar surface area (TPSA) is 58.7 Å². The van der Waals surface area contributed by atoms with Crippen LogP contribution in [-0.4, -0.2) is 16.3 Å². The molecule has 128 valence electrons. The third-order valence-electron chi connectivity index (χ3n) is 3.55. The smallest absolute Gasteiger partial charge is 0.289 e. The number of aliphatic imine (C=N–C) groups is 1. The van der Waals surface area contributed by atoms with Gasteiger partial charge in [0.1, 0.15) is 0 Å². The van der Waals surface area contributed by atoms with E-state index in [1.165, 1.54) is 11.4 Å². The summed E-state index contributed by atoms with van der Waals surface area (Å²) >= 11 is 1.33. The van der Waals surface area contributed by atoms with Gasteiger partial charge in [0.05, 0.1) is 18.6 Å². The van der Waals surface area contributed by atoms with Crippen molar-refractivity contribution in [3.8, 4) is 0 Å². The van der Waals surface area contributed by atoms with Gasteiger partial charge < -0.3 is 0 Å². The van der Waals surface area contributed by atoms with Crippen molar-refractivity contribution in [3.05, 3.63) is 66.2 Å². The zero-order chi connectivity index (χ0) is 17.4. The second kappa shape index (κ2) is 9.07. The molecule has 2 aromatic carbocycles. The van der Waals surface area contributed by atoms with E-state index in [-0.39, 0.29) is 5.25 Å². The molecule has 0 amide bonds. The summed E-state index contributed by atoms with van der Waals surface area (Å²) in [6.45, 7) is 1.50. The molecule has 0 radical (unpaired) electrons. The van der Waals surface area contributed by atoms with Gasteiger partial charge in [-0.1, -0.05) is 73.8 Å². The van der Waals surface area contributed by atoms with Crippen molar-refractivity contribution in [2.45, 2.75) is 32.1 Å². The number of nitrogens with two attached hydrogens (primary N) is 1. The molecule has 2 aromatic rings. The van der Waals surface area contributed by atoms with Gasteiger partial charge in [0.25, 0.3) is 6.65 Å². The minimum absolute atomic E-state index is 0.226. The van der Waals surface area contributed by atoms with Gasteiger partial charge in [0.2, 0.25) is 0 Å². The number of benzene rings is 2. The fourth-order valence-electron chi connectivity index (χ4n) is 2.02. The summed E-state index contributed by atoms with van der Waals surface area (Å²) in [7, 11) is 0. The Labute approximate surface area is 148 Å². The molecule has 0 aliphatic heterocycles. The molecule has 2 unspecified atom stereocenters. The van der Waals surface area contributed by atoms with Crippen LogP contribution in [0.15, 0.2) is 65.7 Å². The summed E-state index contributed by atoms with van der Waals surface area (Å²) < 4.78 is 14.8. The second-order valence-corrected chi connectivity index (χ2v) is 10.4. The van der Waals surface area contributed by atoms with E-state index in [1.807, 2.05) is 67.6 Å². The molecule has 0 fully saturated rings. The van der Waals surface area contributed by atoms with Crippen LogP contribution < -0.4 is 5.50 Å². The van der Waals surface area contributed by atoms with Gasteiger partial charge in [-0.3, -0.25) is 14.7 Å². The molecular weight excluding hydrogens is 337 g/mol. The summed E-state index contributed by atoms with van der Waals surface area (Å²) in [5.41, 5.74) is 8.06. The first-order valence-corrected chi connectivity index (χ1v) is 11.2. The maximum Gasteiger partial charge on any atom is 0.291 e. The van der Waals surface area contributed by atoms with Crippen LogP contribution in [0.1, 0.15) is 25.8 Å². The highest BCUT2D eigenvalue weighted by Gasteiger charge is 2.27. The summed E-state index contributed by atoms with van der Waals surface area (Å²) in [6, 6.07) is 19.5. The van der Waals surface area contributed by atoms with E-state index in [4.69, 9.17) is 5.50 Å². The second-order valence-electron chi connectivity index (χ2n) is 5.55. The highest BCUT2D eigenvalue weighted by atomic mass is 32.7. The molecule has 0 saturated carbocycles. The number of hydrogen-bond acceptors (Lipinski definition) is 3. The first-order chi connectivity index (χ1) is 11.5. The fourth-order valence-corrected chi connectivity index (χ4v) is 6.02. The first kappa shape index (κ1) is 18.8. The highest BCUT2D eigenvalue weighted by molar-refractivity contribution is 8.57. The monoisotopic (exact) mass is 361 g/mol. The molecule has 0 heterocycles. The van der Waals surface area contributed by atoms with E-state index >= 15 is 0 Å². The van der Waals surface area contributed by atoms with Crippen LogP contribution in [0.2, 0.25) is 0 Å². The molecule has 0 saturated heterocycles. The van der Waals surface area contributed by atoms with E-state index in [1.54, 1.807) is 11.0 Å². The lowest BCUT2D eigenvalue weighted by atomic mass is 10.2. The van der Waals surface area contributed by atoms with Crippen molar-refractivity contribution in [1.29, 1.82) is 0 Å². The van der Waals surface area contributed by atoms with E-state index in [0.717, 1.165) is 17.7 Å². The number of para-hydroxylation sites is 1. The van der Waals surface area contributed by atoms with Gasteiger partial charge in [-0.2, -0.15) is 0 Å². The minimum atomic E-state index is -3.08. The van der Waals surface area contributed by atoms with Crippen molar-refractivity contribution in [1.82, 2.24) is 4.67 Å². The highest BCUT2D eigenvalue weighted by Crippen LogP contribution is 2.56. The summed E-state index contributed by atoms with van der Waals surface area (Å²) in [5.74, 6) is 0. The SMILES string of the molecule is CCC(C)SP(N)(=O)N(C=Nc1ccccc1)Cc1ccccc1. The Kier molecular flexibility index (Phi) is 7.10. The molecule has 0 spiro atoms. The third-order valence-corrected chi connectivity index (χ3v) is 8.12. The standard InChI is InChI=1S/C18H24N3OPS/c1-3-16(2)24-23(19,22)21(14-17-10-6-4-7-11-17)15-20-18-12-8-5-9-13-18/h4-13,15-16H,3,14H2,1-2H3,(H2,19,22). The Morgan fingerprint density at radius 3 is 2.33 bits per heavy atom. The predicted octanol–water partition coefficient (Wildman–Crippen LogP) is 5.45. The Balaban J connectivity index is 2.23. The Hall–Kier alpha value is -1.55. The summed E-state index contributed by atoms with van der Waals surface area (Å²) in [5, 5.41) is 0.226. The Morgan fingerprint density at radius 2 is 1.75 bits per heavy atom. The Morgan fingerprint density at radius 1 is 1.17 bits per heavy atom. The predicted molar refractivity (Wildman–Crippen MR) is 106 cm³/mol. The average Bonchev–Trinajstić information content (AvgIpc) is 2.59. The van der Waals surface area contributed by atoms with Crippen molar-refractivity contribution in [2.24, 2.45) is 10.5 Å². The fraction of sp³-hybridized carbons (Fsp3) is 0.278. The lowest BCUT2D eigenvalue weighted by molar-refractivity contribution is 0.534. The van der Waals surface area contributed by atoms with Gasteiger partial charge in [-0.05, 0) is 24.1 Å². The molecule has 0 aliphatic carbocycles. The van der Waals surface area contributed by atoms with Gasteiger partial charge in [0, 0.05) is 5.25 Å². The van der Waals surface area contributed by atoms with Crippen LogP contribution >= 0.6 is 18.0 Å². The molecule has 2 atom stereocenters. The van der Waals surface area contributed by atoms with Gasteiger partial charge in [-0.15, -0.1) is 0 Å². The molecule has 0 aliphatic rings. The lowest BCUT2D eigenvalue weighted by Gasteiger charge is -2.27. The first-order valence-electron chi connectivity index (χ1n) is 7.98. The minimum Gasteiger partial charge on any atom is -0.289 e. The van der Waals surface area contributed by atoms with Crippen molar-refractivity contribution < 1.29 is 4.57 Å². The van der Waals surface area contributed by atoms with Gasteiger partial charge in [0.15, 0.2) is 0 Å². The maximum atomic E-state index is 13.1. The van der Waals surface area contributed by atoms with Crippen LogP contribution in [0.25, 0.3) is 0 Å². The van der Waals surface area contributed by atoms with E-state index < -0.39 is 6.65 Å². The molecular formula is C18H24N3OPS. The summed E-state index contributed by atoms with van der Waals surface area (Å²) in [4.78, 5) is 4.44. The van der Waals surface area contributed by atoms with E-state index in [9.17, 15) is 4.57 Å². The third kappa shape index (κ3) is 5.82. The summed E-state index contributed by atoms with van der Waals surface area (Å²) in [6.07, 6.45) is 2.53. The average molecular weight is 361 g/mol. The number of hydrogen-bond donors (Lipinski definition) is 1.